The summed E-state index contributed by atoms with van der Waals surface area (Å²) in [6.07, 6.45) is -6.31. The Hall–Kier alpha value is -3.09. The molecule has 4 rings (SSSR count). The Morgan fingerprint density at radius 1 is 0.971 bits per heavy atom. The lowest BCUT2D eigenvalue weighted by Crippen LogP contribution is -2.29. The van der Waals surface area contributed by atoms with Crippen LogP contribution in [0.5, 0.6) is 0 Å². The minimum absolute atomic E-state index is 0.0250. The molecule has 0 saturated heterocycles. The largest absolute Gasteiger partial charge is 0.416 e. The highest BCUT2D eigenvalue weighted by atomic mass is 19.4. The molecule has 184 valence electrons. The average Bonchev–Trinajstić information content (AvgIpc) is 3.17. The number of aromatic nitrogens is 4. The van der Waals surface area contributed by atoms with E-state index in [0.29, 0.717) is 50.0 Å². The molecule has 0 unspecified atom stereocenters. The minimum atomic E-state index is -4.97. The molecular formula is C21H22F6N6O. The molecule has 1 aliphatic rings. The van der Waals surface area contributed by atoms with Gasteiger partial charge in [0.05, 0.1) is 23.6 Å². The van der Waals surface area contributed by atoms with Gasteiger partial charge in [-0.25, -0.2) is 4.98 Å². The lowest BCUT2D eigenvalue weighted by atomic mass is 9.93. The van der Waals surface area contributed by atoms with Crippen molar-refractivity contribution < 1.29 is 31.4 Å². The number of hydrogen-bond acceptors (Lipinski definition) is 6. The highest BCUT2D eigenvalue weighted by Gasteiger charge is 2.37. The molecule has 1 aliphatic carbocycles. The van der Waals surface area contributed by atoms with E-state index in [-0.39, 0.29) is 35.5 Å². The summed E-state index contributed by atoms with van der Waals surface area (Å²) >= 11 is 0. The van der Waals surface area contributed by atoms with Crippen LogP contribution in [-0.2, 0) is 18.9 Å². The van der Waals surface area contributed by atoms with Crippen molar-refractivity contribution in [2.24, 2.45) is 0 Å². The number of aliphatic hydroxyl groups is 1. The molecule has 2 heterocycles. The SMILES string of the molecule is CCn1cnc2c(Nc3cc(C(F)(F)F)cc(C(F)(F)F)c3)nc(NC3CCC(O)CC3)nc21. The Labute approximate surface area is 190 Å². The van der Waals surface area contributed by atoms with E-state index >= 15 is 0 Å². The molecule has 0 aliphatic heterocycles. The van der Waals surface area contributed by atoms with Gasteiger partial charge in [-0.15, -0.1) is 0 Å². The van der Waals surface area contributed by atoms with Gasteiger partial charge in [0.2, 0.25) is 5.95 Å². The fourth-order valence-corrected chi connectivity index (χ4v) is 3.89. The van der Waals surface area contributed by atoms with Gasteiger partial charge in [-0.05, 0) is 50.8 Å². The molecular weight excluding hydrogens is 466 g/mol. The Bertz CT molecular complexity index is 1130. The maximum atomic E-state index is 13.3. The van der Waals surface area contributed by atoms with E-state index in [1.54, 1.807) is 4.57 Å². The van der Waals surface area contributed by atoms with Crippen molar-refractivity contribution in [1.82, 2.24) is 19.5 Å². The van der Waals surface area contributed by atoms with Gasteiger partial charge < -0.3 is 20.3 Å². The molecule has 0 bridgehead atoms. The van der Waals surface area contributed by atoms with E-state index < -0.39 is 29.2 Å². The van der Waals surface area contributed by atoms with Crippen molar-refractivity contribution in [3.63, 3.8) is 0 Å². The molecule has 3 aromatic rings. The van der Waals surface area contributed by atoms with Crippen LogP contribution in [-0.4, -0.2) is 36.8 Å². The zero-order valence-corrected chi connectivity index (χ0v) is 18.0. The van der Waals surface area contributed by atoms with Gasteiger partial charge in [-0.3, -0.25) is 0 Å². The average molecular weight is 488 g/mol. The van der Waals surface area contributed by atoms with Gasteiger partial charge in [-0.1, -0.05) is 0 Å². The second-order valence-electron chi connectivity index (χ2n) is 8.17. The fraction of sp³-hybridized carbons (Fsp3) is 0.476. The summed E-state index contributed by atoms with van der Waals surface area (Å²) in [5.74, 6) is 0.137. The maximum absolute atomic E-state index is 13.3. The van der Waals surface area contributed by atoms with Crippen molar-refractivity contribution in [3.8, 4) is 0 Å². The van der Waals surface area contributed by atoms with E-state index in [9.17, 15) is 31.4 Å². The molecule has 1 aromatic carbocycles. The van der Waals surface area contributed by atoms with Gasteiger partial charge in [-0.2, -0.15) is 36.3 Å². The Kier molecular flexibility index (Phi) is 6.32. The lowest BCUT2D eigenvalue weighted by Gasteiger charge is -2.26. The monoisotopic (exact) mass is 488 g/mol. The highest BCUT2D eigenvalue weighted by molar-refractivity contribution is 5.86. The third kappa shape index (κ3) is 5.18. The molecule has 1 saturated carbocycles. The van der Waals surface area contributed by atoms with Crippen molar-refractivity contribution in [3.05, 3.63) is 35.7 Å². The third-order valence-electron chi connectivity index (χ3n) is 5.68. The first kappa shape index (κ1) is 24.0. The van der Waals surface area contributed by atoms with Gasteiger partial charge in [0.1, 0.15) is 0 Å². The highest BCUT2D eigenvalue weighted by Crippen LogP contribution is 2.38. The number of nitrogens with zero attached hydrogens (tertiary/aromatic N) is 4. The number of aryl methyl sites for hydroxylation is 1. The second-order valence-corrected chi connectivity index (χ2v) is 8.17. The number of halogens is 6. The van der Waals surface area contributed by atoms with Crippen LogP contribution in [0.1, 0.15) is 43.7 Å². The quantitative estimate of drug-likeness (QED) is 0.420. The number of benzene rings is 1. The topological polar surface area (TPSA) is 87.9 Å². The molecule has 13 heteroatoms. The fourth-order valence-electron chi connectivity index (χ4n) is 3.89. The van der Waals surface area contributed by atoms with Crippen LogP contribution < -0.4 is 10.6 Å². The maximum Gasteiger partial charge on any atom is 0.416 e. The second kappa shape index (κ2) is 8.93. The van der Waals surface area contributed by atoms with Crippen LogP contribution in [0.2, 0.25) is 0 Å². The summed E-state index contributed by atoms with van der Waals surface area (Å²) in [5.41, 5.74) is -2.72. The van der Waals surface area contributed by atoms with E-state index in [0.717, 1.165) is 0 Å². The van der Waals surface area contributed by atoms with Gasteiger partial charge in [0.25, 0.3) is 0 Å². The summed E-state index contributed by atoms with van der Waals surface area (Å²) < 4.78 is 81.3. The van der Waals surface area contributed by atoms with Crippen LogP contribution >= 0.6 is 0 Å². The number of imidazole rings is 1. The molecule has 1 fully saturated rings. The Balaban J connectivity index is 1.74. The van der Waals surface area contributed by atoms with Gasteiger partial charge in [0, 0.05) is 18.3 Å². The van der Waals surface area contributed by atoms with Gasteiger partial charge in [0.15, 0.2) is 17.0 Å². The third-order valence-corrected chi connectivity index (χ3v) is 5.68. The zero-order chi connectivity index (χ0) is 24.7. The summed E-state index contributed by atoms with van der Waals surface area (Å²) in [4.78, 5) is 13.0. The normalized spacial score (nSPS) is 19.4. The van der Waals surface area contributed by atoms with Crippen molar-refractivity contribution >= 4 is 28.6 Å². The molecule has 0 atom stereocenters. The van der Waals surface area contributed by atoms with Crippen LogP contribution in [0.4, 0.5) is 43.8 Å². The van der Waals surface area contributed by atoms with Crippen LogP contribution in [0, 0.1) is 0 Å². The van der Waals surface area contributed by atoms with E-state index in [2.05, 4.69) is 25.6 Å². The van der Waals surface area contributed by atoms with Crippen molar-refractivity contribution in [2.75, 3.05) is 10.6 Å². The van der Waals surface area contributed by atoms with Crippen molar-refractivity contribution in [1.29, 1.82) is 0 Å². The minimum Gasteiger partial charge on any atom is -0.393 e. The van der Waals surface area contributed by atoms with E-state index in [4.69, 9.17) is 0 Å². The molecule has 2 aromatic heterocycles. The molecule has 3 N–H and O–H groups in total. The number of fused-ring (bicyclic) bond motifs is 1. The summed E-state index contributed by atoms with van der Waals surface area (Å²) in [6, 6.07) is 1.22. The van der Waals surface area contributed by atoms with Crippen molar-refractivity contribution in [2.45, 2.75) is 63.7 Å². The van der Waals surface area contributed by atoms with E-state index in [1.165, 1.54) is 6.33 Å². The smallest absolute Gasteiger partial charge is 0.393 e. The number of hydrogen-bond donors (Lipinski definition) is 3. The number of anilines is 3. The first-order valence-electron chi connectivity index (χ1n) is 10.7. The number of rotatable bonds is 5. The Morgan fingerprint density at radius 3 is 2.15 bits per heavy atom. The first-order chi connectivity index (χ1) is 15.9. The molecule has 0 radical (unpaired) electrons. The molecule has 0 amide bonds. The van der Waals surface area contributed by atoms with Crippen LogP contribution in [0.15, 0.2) is 24.5 Å². The van der Waals surface area contributed by atoms with E-state index in [1.807, 2.05) is 6.92 Å². The molecule has 0 spiro atoms. The molecule has 7 nitrogen and oxygen atoms in total. The number of nitrogens with one attached hydrogen (secondary N) is 2. The van der Waals surface area contributed by atoms with Crippen LogP contribution in [0.25, 0.3) is 11.2 Å². The molecule has 34 heavy (non-hydrogen) atoms. The first-order valence-corrected chi connectivity index (χ1v) is 10.7. The Morgan fingerprint density at radius 2 is 1.59 bits per heavy atom. The number of aliphatic hydroxyl groups excluding tert-OH is 1. The van der Waals surface area contributed by atoms with Gasteiger partial charge >= 0.3 is 12.4 Å². The predicted octanol–water partition coefficient (Wildman–Crippen LogP) is 5.34. The summed E-state index contributed by atoms with van der Waals surface area (Å²) in [5, 5.41) is 15.4. The number of alkyl halides is 6. The summed E-state index contributed by atoms with van der Waals surface area (Å²) in [6.45, 7) is 2.33. The zero-order valence-electron chi connectivity index (χ0n) is 18.0. The predicted molar refractivity (Wildman–Crippen MR) is 113 cm³/mol. The van der Waals surface area contributed by atoms with Crippen LogP contribution in [0.3, 0.4) is 0 Å². The lowest BCUT2D eigenvalue weighted by molar-refractivity contribution is -0.143. The summed E-state index contributed by atoms with van der Waals surface area (Å²) in [7, 11) is 0. The standard InChI is InChI=1S/C21H22F6N6O/c1-2-33-10-28-16-17(31-19(32-18(16)33)30-13-3-5-15(34)6-4-13)29-14-8-11(20(22,23)24)7-12(9-14)21(25,26)27/h7-10,13,15,34H,2-6H2,1H3,(H2,29,30,31,32).